The lowest BCUT2D eigenvalue weighted by atomic mass is 9.83. The molecule has 0 bridgehead atoms. The van der Waals surface area contributed by atoms with Crippen LogP contribution in [-0.2, 0) is 4.79 Å². The minimum absolute atomic E-state index is 1.43. The van der Waals surface area contributed by atoms with Crippen molar-refractivity contribution in [3.05, 3.63) is 0 Å². The van der Waals surface area contributed by atoms with Crippen LogP contribution in [0.25, 0.3) is 0 Å². The molecule has 0 spiro atoms. The molecule has 0 aromatic carbocycles. The van der Waals surface area contributed by atoms with E-state index in [1.165, 1.54) is 5.23 Å². The number of aliphatic hydroxyl groups is 2. The van der Waals surface area contributed by atoms with Crippen molar-refractivity contribution >= 4 is 21.8 Å². The van der Waals surface area contributed by atoms with Gasteiger partial charge in [-0.25, -0.2) is 0 Å². The van der Waals surface area contributed by atoms with Gasteiger partial charge in [0.15, 0.2) is 7.98 Å². The third kappa shape index (κ3) is 2.02. The van der Waals surface area contributed by atoms with Gasteiger partial charge >= 0.3 is 5.97 Å². The molecule has 0 aromatic heterocycles. The van der Waals surface area contributed by atoms with Gasteiger partial charge in [0.2, 0.25) is 5.91 Å². The van der Waals surface area contributed by atoms with Gasteiger partial charge in [-0.1, -0.05) is 0 Å². The second-order valence-electron chi connectivity index (χ2n) is 1.69. The van der Waals surface area contributed by atoms with Crippen LogP contribution in [0, 0.1) is 0 Å². The Kier molecular flexibility index (Phi) is 2.89. The van der Waals surface area contributed by atoms with Crippen LogP contribution in [0.4, 0.5) is 0 Å². The van der Waals surface area contributed by atoms with Crippen LogP contribution >= 0.6 is 0 Å². The SMILES string of the molecule is [B]NC(O)(O)C([B])C(=O)O. The van der Waals surface area contributed by atoms with Crippen molar-refractivity contribution in [3.8, 4) is 0 Å². The Balaban J connectivity index is 4.17. The molecule has 0 aromatic rings. The zero-order valence-corrected chi connectivity index (χ0v) is 4.98. The molecule has 5 nitrogen and oxygen atoms in total. The van der Waals surface area contributed by atoms with E-state index >= 15 is 0 Å². The zero-order chi connectivity index (χ0) is 8.36. The van der Waals surface area contributed by atoms with Gasteiger partial charge in [0, 0.05) is 0 Å². The summed E-state index contributed by atoms with van der Waals surface area (Å²) in [5.41, 5.74) is 0. The van der Waals surface area contributed by atoms with E-state index < -0.39 is 17.7 Å². The number of carbonyl (C=O) groups is 1. The first kappa shape index (κ1) is 9.48. The molecule has 0 aliphatic heterocycles. The van der Waals surface area contributed by atoms with E-state index in [9.17, 15) is 4.79 Å². The van der Waals surface area contributed by atoms with Crippen LogP contribution in [0.5, 0.6) is 0 Å². The molecule has 0 aliphatic rings. The molecular formula is C3H5B2NO4. The number of hydrogen-bond donors (Lipinski definition) is 4. The van der Waals surface area contributed by atoms with Gasteiger partial charge in [-0.3, -0.25) is 4.79 Å². The average Bonchev–Trinajstić information content (AvgIpc) is 1.86. The summed E-state index contributed by atoms with van der Waals surface area (Å²) in [6, 6.07) is 0. The fourth-order valence-electron chi connectivity index (χ4n) is 0.262. The van der Waals surface area contributed by atoms with Crippen LogP contribution in [0.2, 0.25) is 5.82 Å². The summed E-state index contributed by atoms with van der Waals surface area (Å²) in [7, 11) is 9.31. The highest BCUT2D eigenvalue weighted by molar-refractivity contribution is 6.23. The predicted octanol–water partition coefficient (Wildman–Crippen LogP) is -2.66. The van der Waals surface area contributed by atoms with Gasteiger partial charge < -0.3 is 20.5 Å². The van der Waals surface area contributed by atoms with Crippen molar-refractivity contribution in [2.45, 2.75) is 11.7 Å². The average molecular weight is 141 g/mol. The van der Waals surface area contributed by atoms with Crippen molar-refractivity contribution < 1.29 is 20.1 Å². The van der Waals surface area contributed by atoms with Crippen LogP contribution < -0.4 is 5.23 Å². The molecular weight excluding hydrogens is 136 g/mol. The van der Waals surface area contributed by atoms with Crippen LogP contribution in [-0.4, -0.2) is 43.0 Å². The lowest BCUT2D eigenvalue weighted by Gasteiger charge is -2.25. The summed E-state index contributed by atoms with van der Waals surface area (Å²) < 4.78 is 0. The summed E-state index contributed by atoms with van der Waals surface area (Å²) in [4.78, 5) is 9.96. The van der Waals surface area contributed by atoms with Gasteiger partial charge in [0.1, 0.15) is 0 Å². The molecule has 0 saturated carbocycles. The van der Waals surface area contributed by atoms with Gasteiger partial charge in [-0.2, -0.15) is 0 Å². The molecule has 0 heterocycles. The Morgan fingerprint density at radius 3 is 2.10 bits per heavy atom. The van der Waals surface area contributed by atoms with Crippen molar-refractivity contribution in [1.82, 2.24) is 5.23 Å². The van der Waals surface area contributed by atoms with Crippen molar-refractivity contribution in [1.29, 1.82) is 0 Å². The highest BCUT2D eigenvalue weighted by Crippen LogP contribution is 2.12. The number of rotatable bonds is 3. The molecule has 0 saturated heterocycles. The number of aliphatic carboxylic acids is 1. The van der Waals surface area contributed by atoms with Crippen LogP contribution in [0.15, 0.2) is 0 Å². The van der Waals surface area contributed by atoms with E-state index in [-0.39, 0.29) is 0 Å². The topological polar surface area (TPSA) is 89.8 Å². The van der Waals surface area contributed by atoms with E-state index in [0.717, 1.165) is 0 Å². The molecule has 7 heteroatoms. The molecule has 1 atom stereocenters. The van der Waals surface area contributed by atoms with Crippen molar-refractivity contribution in [2.75, 3.05) is 0 Å². The molecule has 4 radical (unpaired) electrons. The summed E-state index contributed by atoms with van der Waals surface area (Å²) in [5, 5.41) is 26.7. The van der Waals surface area contributed by atoms with E-state index in [1.807, 2.05) is 0 Å². The third-order valence-electron chi connectivity index (χ3n) is 0.912. The van der Waals surface area contributed by atoms with Crippen molar-refractivity contribution in [3.63, 3.8) is 0 Å². The number of hydrogen-bond acceptors (Lipinski definition) is 4. The summed E-state index contributed by atoms with van der Waals surface area (Å²) in [5.74, 6) is -6.22. The lowest BCUT2D eigenvalue weighted by Crippen LogP contribution is -2.50. The van der Waals surface area contributed by atoms with Crippen molar-refractivity contribution in [2.24, 2.45) is 0 Å². The maximum Gasteiger partial charge on any atom is 0.304 e. The summed E-state index contributed by atoms with van der Waals surface area (Å²) >= 11 is 0. The highest BCUT2D eigenvalue weighted by Gasteiger charge is 2.33. The second-order valence-corrected chi connectivity index (χ2v) is 1.69. The first-order valence-corrected chi connectivity index (χ1v) is 2.32. The Labute approximate surface area is 59.9 Å². The first-order valence-electron chi connectivity index (χ1n) is 2.32. The quantitative estimate of drug-likeness (QED) is 0.254. The zero-order valence-electron chi connectivity index (χ0n) is 4.98. The van der Waals surface area contributed by atoms with Gasteiger partial charge in [-0.05, 0) is 0 Å². The molecule has 10 heavy (non-hydrogen) atoms. The fraction of sp³-hybridized carbons (Fsp3) is 0.667. The molecule has 0 aliphatic carbocycles. The molecule has 52 valence electrons. The first-order chi connectivity index (χ1) is 4.41. The normalized spacial score (nSPS) is 14.6. The van der Waals surface area contributed by atoms with Gasteiger partial charge in [0.05, 0.1) is 13.7 Å². The van der Waals surface area contributed by atoms with Gasteiger partial charge in [-0.15, -0.1) is 0 Å². The minimum Gasteiger partial charge on any atom is -0.481 e. The van der Waals surface area contributed by atoms with Gasteiger partial charge in [0.25, 0.3) is 0 Å². The maximum atomic E-state index is 9.96. The van der Waals surface area contributed by atoms with Crippen LogP contribution in [0.3, 0.4) is 0 Å². The Bertz CT molecular complexity index is 138. The summed E-state index contributed by atoms with van der Waals surface area (Å²) in [6.45, 7) is 0. The predicted molar refractivity (Wildman–Crippen MR) is 33.2 cm³/mol. The Morgan fingerprint density at radius 1 is 1.60 bits per heavy atom. The maximum absolute atomic E-state index is 9.96. The minimum atomic E-state index is -2.77. The second kappa shape index (κ2) is 3.05. The van der Waals surface area contributed by atoms with E-state index in [4.69, 9.17) is 23.2 Å². The Morgan fingerprint density at radius 2 is 2.00 bits per heavy atom. The molecule has 0 rings (SSSR count). The monoisotopic (exact) mass is 141 g/mol. The lowest BCUT2D eigenvalue weighted by molar-refractivity contribution is -0.185. The van der Waals surface area contributed by atoms with E-state index in [1.54, 1.807) is 0 Å². The standard InChI is InChI=1S/C3H5B2NO4/c4-1(2(7)8)3(9,10)6-5/h1,6,9-10H,(H,7,8). The largest absolute Gasteiger partial charge is 0.481 e. The van der Waals surface area contributed by atoms with E-state index in [0.29, 0.717) is 0 Å². The Hall–Kier alpha value is -0.520. The molecule has 0 amide bonds. The van der Waals surface area contributed by atoms with Crippen LogP contribution in [0.1, 0.15) is 0 Å². The smallest absolute Gasteiger partial charge is 0.304 e. The highest BCUT2D eigenvalue weighted by atomic mass is 16.5. The number of carboxylic acid groups (broad SMARTS) is 1. The molecule has 1 unspecified atom stereocenters. The molecule has 0 fully saturated rings. The number of carboxylic acids is 1. The van der Waals surface area contributed by atoms with E-state index in [2.05, 4.69) is 7.98 Å². The fourth-order valence-corrected chi connectivity index (χ4v) is 0.262. The summed E-state index contributed by atoms with van der Waals surface area (Å²) in [6.07, 6.45) is 0. The number of nitrogens with one attached hydrogen (secondary N) is 1. The third-order valence-corrected chi connectivity index (χ3v) is 0.912. The molecule has 4 N–H and O–H groups in total.